The summed E-state index contributed by atoms with van der Waals surface area (Å²) in [6.45, 7) is 7.95. The Kier molecular flexibility index (Phi) is 5.21. The van der Waals surface area contributed by atoms with Crippen LogP contribution in [0.4, 0.5) is 0 Å². The van der Waals surface area contributed by atoms with Gasteiger partial charge in [0.2, 0.25) is 0 Å². The molecule has 0 aliphatic heterocycles. The zero-order valence-electron chi connectivity index (χ0n) is 14.3. The molecule has 0 saturated heterocycles. The van der Waals surface area contributed by atoms with Crippen LogP contribution in [0.2, 0.25) is 0 Å². The number of hydrogen-bond donors (Lipinski definition) is 2. The van der Waals surface area contributed by atoms with Gasteiger partial charge in [0.05, 0.1) is 11.2 Å². The van der Waals surface area contributed by atoms with Crippen LogP contribution in [-0.4, -0.2) is 32.7 Å². The van der Waals surface area contributed by atoms with Gasteiger partial charge in [-0.3, -0.25) is 4.79 Å². The van der Waals surface area contributed by atoms with Crippen molar-refractivity contribution in [2.45, 2.75) is 46.1 Å². The lowest BCUT2D eigenvalue weighted by atomic mass is 9.97. The number of hydrogen-bond acceptors (Lipinski definition) is 3. The predicted octanol–water partition coefficient (Wildman–Crippen LogP) is 2.77. The Morgan fingerprint density at radius 3 is 2.57 bits per heavy atom. The number of aliphatic hydroxyl groups is 1. The van der Waals surface area contributed by atoms with E-state index in [1.165, 1.54) is 0 Å². The van der Waals surface area contributed by atoms with Crippen molar-refractivity contribution < 1.29 is 9.90 Å². The molecule has 2 aromatic heterocycles. The first-order valence-electron chi connectivity index (χ1n) is 8.02. The fraction of sp³-hybridized carbons (Fsp3) is 0.444. The highest BCUT2D eigenvalue weighted by atomic mass is 16.3. The van der Waals surface area contributed by atoms with Crippen molar-refractivity contribution >= 4 is 5.91 Å². The molecule has 0 saturated carbocycles. The second kappa shape index (κ2) is 6.96. The van der Waals surface area contributed by atoms with E-state index in [2.05, 4.69) is 10.3 Å². The lowest BCUT2D eigenvalue weighted by Crippen LogP contribution is -2.42. The van der Waals surface area contributed by atoms with Crippen molar-refractivity contribution in [3.05, 3.63) is 47.4 Å². The number of rotatable bonds is 6. The average molecular weight is 315 g/mol. The van der Waals surface area contributed by atoms with Crippen molar-refractivity contribution in [1.29, 1.82) is 0 Å². The van der Waals surface area contributed by atoms with Crippen LogP contribution in [0.3, 0.4) is 0 Å². The van der Waals surface area contributed by atoms with Crippen molar-refractivity contribution in [2.75, 3.05) is 6.54 Å². The van der Waals surface area contributed by atoms with Gasteiger partial charge in [-0.15, -0.1) is 0 Å². The van der Waals surface area contributed by atoms with E-state index in [0.717, 1.165) is 17.2 Å². The fourth-order valence-corrected chi connectivity index (χ4v) is 2.67. The summed E-state index contributed by atoms with van der Waals surface area (Å²) in [6.07, 6.45) is 2.95. The minimum atomic E-state index is -0.845. The Hall–Kier alpha value is -2.14. The maximum Gasteiger partial charge on any atom is 0.253 e. The van der Waals surface area contributed by atoms with Gasteiger partial charge in [0, 0.05) is 24.1 Å². The van der Waals surface area contributed by atoms with Crippen LogP contribution in [0.15, 0.2) is 30.5 Å². The second-order valence-electron chi connectivity index (χ2n) is 5.92. The standard InChI is InChI=1S/C18H25N3O2/c1-5-18(23,6-2)12-20-17(22)15-11-13(3)21(14(15)4)16-9-7-8-10-19-16/h7-11,23H,5-6,12H2,1-4H3,(H,20,22). The first-order valence-corrected chi connectivity index (χ1v) is 8.02. The monoisotopic (exact) mass is 315 g/mol. The molecule has 2 rings (SSSR count). The number of aromatic nitrogens is 2. The van der Waals surface area contributed by atoms with Gasteiger partial charge in [-0.05, 0) is 44.9 Å². The van der Waals surface area contributed by atoms with Crippen LogP contribution in [0.25, 0.3) is 5.82 Å². The number of aryl methyl sites for hydroxylation is 1. The van der Waals surface area contributed by atoms with E-state index < -0.39 is 5.60 Å². The molecule has 2 aromatic rings. The largest absolute Gasteiger partial charge is 0.388 e. The Morgan fingerprint density at radius 1 is 1.30 bits per heavy atom. The molecule has 0 aromatic carbocycles. The first-order chi connectivity index (χ1) is 10.9. The zero-order valence-corrected chi connectivity index (χ0v) is 14.3. The smallest absolute Gasteiger partial charge is 0.253 e. The Balaban J connectivity index is 2.23. The topological polar surface area (TPSA) is 67.2 Å². The van der Waals surface area contributed by atoms with Crippen molar-refractivity contribution in [3.8, 4) is 5.82 Å². The molecule has 0 aliphatic carbocycles. The van der Waals surface area contributed by atoms with E-state index in [-0.39, 0.29) is 12.5 Å². The van der Waals surface area contributed by atoms with E-state index in [4.69, 9.17) is 0 Å². The van der Waals surface area contributed by atoms with Gasteiger partial charge in [-0.25, -0.2) is 4.98 Å². The van der Waals surface area contributed by atoms with Crippen molar-refractivity contribution in [2.24, 2.45) is 0 Å². The van der Waals surface area contributed by atoms with E-state index in [1.54, 1.807) is 6.20 Å². The summed E-state index contributed by atoms with van der Waals surface area (Å²) >= 11 is 0. The van der Waals surface area contributed by atoms with Crippen molar-refractivity contribution in [1.82, 2.24) is 14.9 Å². The summed E-state index contributed by atoms with van der Waals surface area (Å²) in [5.74, 6) is 0.626. The highest BCUT2D eigenvalue weighted by Crippen LogP contribution is 2.20. The maximum atomic E-state index is 12.5. The van der Waals surface area contributed by atoms with Crippen LogP contribution in [0, 0.1) is 13.8 Å². The minimum absolute atomic E-state index is 0.166. The van der Waals surface area contributed by atoms with Crippen LogP contribution >= 0.6 is 0 Å². The molecule has 23 heavy (non-hydrogen) atoms. The van der Waals surface area contributed by atoms with Gasteiger partial charge in [0.25, 0.3) is 5.91 Å². The van der Waals surface area contributed by atoms with E-state index in [0.29, 0.717) is 18.4 Å². The highest BCUT2D eigenvalue weighted by molar-refractivity contribution is 5.95. The van der Waals surface area contributed by atoms with E-state index in [9.17, 15) is 9.90 Å². The minimum Gasteiger partial charge on any atom is -0.388 e. The summed E-state index contributed by atoms with van der Waals surface area (Å²) < 4.78 is 1.96. The number of carbonyl (C=O) groups is 1. The lowest BCUT2D eigenvalue weighted by Gasteiger charge is -2.25. The molecule has 124 valence electrons. The molecule has 0 radical (unpaired) electrons. The van der Waals surface area contributed by atoms with Crippen molar-refractivity contribution in [3.63, 3.8) is 0 Å². The molecule has 5 heteroatoms. The molecule has 0 spiro atoms. The molecular formula is C18H25N3O2. The third-order valence-corrected chi connectivity index (χ3v) is 4.45. The van der Waals surface area contributed by atoms with E-state index >= 15 is 0 Å². The van der Waals surface area contributed by atoms with Gasteiger partial charge in [0.15, 0.2) is 0 Å². The summed E-state index contributed by atoms with van der Waals surface area (Å²) in [5, 5.41) is 13.2. The Bertz CT molecular complexity index is 673. The Morgan fingerprint density at radius 2 is 2.00 bits per heavy atom. The summed E-state index contributed by atoms with van der Waals surface area (Å²) in [4.78, 5) is 16.8. The number of nitrogens with zero attached hydrogens (tertiary/aromatic N) is 2. The number of amides is 1. The van der Waals surface area contributed by atoms with Gasteiger partial charge in [-0.2, -0.15) is 0 Å². The number of carbonyl (C=O) groups excluding carboxylic acids is 1. The lowest BCUT2D eigenvalue weighted by molar-refractivity contribution is 0.0314. The summed E-state index contributed by atoms with van der Waals surface area (Å²) in [5.41, 5.74) is 1.56. The van der Waals surface area contributed by atoms with Gasteiger partial charge in [0.1, 0.15) is 5.82 Å². The molecule has 2 heterocycles. The SMILES string of the molecule is CCC(O)(CC)CNC(=O)c1cc(C)n(-c2ccccn2)c1C. The molecule has 0 aliphatic rings. The van der Waals surface area contributed by atoms with Crippen LogP contribution in [0.5, 0.6) is 0 Å². The highest BCUT2D eigenvalue weighted by Gasteiger charge is 2.24. The van der Waals surface area contributed by atoms with Gasteiger partial charge < -0.3 is 15.0 Å². The number of nitrogens with one attached hydrogen (secondary N) is 1. The molecule has 5 nitrogen and oxygen atoms in total. The molecular weight excluding hydrogens is 290 g/mol. The van der Waals surface area contributed by atoms with Crippen LogP contribution in [-0.2, 0) is 0 Å². The molecule has 0 bridgehead atoms. The van der Waals surface area contributed by atoms with Crippen LogP contribution < -0.4 is 5.32 Å². The fourth-order valence-electron chi connectivity index (χ4n) is 2.67. The van der Waals surface area contributed by atoms with Gasteiger partial charge in [-0.1, -0.05) is 19.9 Å². The summed E-state index contributed by atoms with van der Waals surface area (Å²) in [6, 6.07) is 7.55. The average Bonchev–Trinajstić information content (AvgIpc) is 2.87. The zero-order chi connectivity index (χ0) is 17.0. The number of pyridine rings is 1. The first kappa shape index (κ1) is 17.2. The molecule has 2 N–H and O–H groups in total. The summed E-state index contributed by atoms with van der Waals surface area (Å²) in [7, 11) is 0. The molecule has 1 amide bonds. The maximum absolute atomic E-state index is 12.5. The van der Waals surface area contributed by atoms with Gasteiger partial charge >= 0.3 is 0 Å². The Labute approximate surface area is 137 Å². The molecule has 0 unspecified atom stereocenters. The van der Waals surface area contributed by atoms with E-state index in [1.807, 2.05) is 56.5 Å². The molecule has 0 fully saturated rings. The predicted molar refractivity (Wildman–Crippen MR) is 90.9 cm³/mol. The quantitative estimate of drug-likeness (QED) is 0.861. The molecule has 0 atom stereocenters. The third kappa shape index (κ3) is 3.62. The third-order valence-electron chi connectivity index (χ3n) is 4.45. The normalized spacial score (nSPS) is 11.5. The second-order valence-corrected chi connectivity index (χ2v) is 5.92. The van der Waals surface area contributed by atoms with Crippen LogP contribution in [0.1, 0.15) is 48.4 Å².